The van der Waals surface area contributed by atoms with Gasteiger partial charge in [-0.05, 0) is 97.6 Å². The third-order valence-electron chi connectivity index (χ3n) is 6.88. The number of unbranched alkanes of at least 4 members (excludes halogenated alkanes) is 2. The summed E-state index contributed by atoms with van der Waals surface area (Å²) in [5.74, 6) is -0.716. The Kier molecular flexibility index (Phi) is 17.9. The van der Waals surface area contributed by atoms with E-state index in [2.05, 4.69) is 42.0 Å². The van der Waals surface area contributed by atoms with Gasteiger partial charge in [0.2, 0.25) is 0 Å². The Labute approximate surface area is 362 Å². The van der Waals surface area contributed by atoms with Crippen LogP contribution in [0.25, 0.3) is 43.7 Å². The summed E-state index contributed by atoms with van der Waals surface area (Å²) in [6, 6.07) is 35.4. The van der Waals surface area contributed by atoms with Gasteiger partial charge in [0.15, 0.2) is 0 Å². The zero-order valence-electron chi connectivity index (χ0n) is 31.5. The van der Waals surface area contributed by atoms with E-state index < -0.39 is 21.6 Å². The number of carbonyl (C=O) groups is 1. The minimum absolute atomic E-state index is 0. The fraction of sp³-hybridized carbons (Fsp3) is 0.132. The second-order valence-corrected chi connectivity index (χ2v) is 17.1. The molecule has 0 radical (unpaired) electrons. The number of benzene rings is 1. The molecule has 0 saturated carbocycles. The summed E-state index contributed by atoms with van der Waals surface area (Å²) in [5.41, 5.74) is 6.81. The van der Waals surface area contributed by atoms with Gasteiger partial charge in [0.05, 0.1) is 38.7 Å². The minimum Gasteiger partial charge on any atom is -0.481 e. The molecular weight excluding hydrogens is 996 g/mol. The van der Waals surface area contributed by atoms with Crippen LogP contribution in [0.1, 0.15) is 31.2 Å². The molecule has 7 rings (SSSR count). The maximum Gasteiger partial charge on any atom is 2.00 e. The van der Waals surface area contributed by atoms with Gasteiger partial charge in [-0.1, -0.05) is 42.8 Å². The van der Waals surface area contributed by atoms with Crippen molar-refractivity contribution >= 4 is 43.1 Å². The average molecular weight is 1030 g/mol. The third-order valence-corrected chi connectivity index (χ3v) is 7.94. The van der Waals surface area contributed by atoms with Gasteiger partial charge in [-0.15, -0.1) is 11.3 Å². The molecule has 0 bridgehead atoms. The molecule has 24 heteroatoms. The number of aliphatic carboxylic acids is 1. The van der Waals surface area contributed by atoms with Crippen LogP contribution in [0.3, 0.4) is 0 Å². The van der Waals surface area contributed by atoms with Crippen molar-refractivity contribution in [3.05, 3.63) is 146 Å². The van der Waals surface area contributed by atoms with E-state index >= 15 is 0 Å². The molecule has 0 aliphatic carbocycles. The summed E-state index contributed by atoms with van der Waals surface area (Å²) < 4.78 is 120. The number of carboxylic acid groups (broad SMARTS) is 1. The standard InChI is InChI=1S/C18H18N2O2S.2C10H8N2.2F6P.Ru/c21-17(22)9-3-1-2-6-13-10-11-19-15(12-13)18-20-14-7-4-5-8-16(14)23-18;2*1-3-7-11-9(5-1)10-6-2-4-8-12-10;2*1-7(2,3,4,5)6;/h4-5,7-8,10-12H,1-3,6,9H2,(H,21,22);2*1-8H;;;/q;;;2*-1;+2. The first-order chi connectivity index (χ1) is 28.1. The monoisotopic (exact) mass is 1030 g/mol. The van der Waals surface area contributed by atoms with Gasteiger partial charge in [-0.2, -0.15) is 0 Å². The first-order valence-electron chi connectivity index (χ1n) is 17.4. The smallest absolute Gasteiger partial charge is 0.481 e. The number of hydrogen-bond acceptors (Lipinski definition) is 8. The summed E-state index contributed by atoms with van der Waals surface area (Å²) in [6.45, 7) is 0. The number of nitrogens with zero attached hydrogens (tertiary/aromatic N) is 6. The molecule has 0 atom stereocenters. The van der Waals surface area contributed by atoms with Gasteiger partial charge in [-0.3, -0.25) is 29.7 Å². The summed E-state index contributed by atoms with van der Waals surface area (Å²) in [6.07, 6.45) is 12.8. The van der Waals surface area contributed by atoms with E-state index in [9.17, 15) is 55.2 Å². The van der Waals surface area contributed by atoms with Gasteiger partial charge in [-0.25, -0.2) is 4.98 Å². The van der Waals surface area contributed by atoms with Crippen LogP contribution in [0.15, 0.2) is 140 Å². The summed E-state index contributed by atoms with van der Waals surface area (Å²) in [7, 11) is -21.3. The number of fused-ring (bicyclic) bond motifs is 1. The molecule has 6 aromatic heterocycles. The second-order valence-electron chi connectivity index (χ2n) is 12.3. The van der Waals surface area contributed by atoms with Gasteiger partial charge < -0.3 is 5.11 Å². The fourth-order valence-electron chi connectivity index (χ4n) is 4.57. The first kappa shape index (κ1) is 53.1. The van der Waals surface area contributed by atoms with Crippen LogP contribution in [0.2, 0.25) is 0 Å². The summed E-state index contributed by atoms with van der Waals surface area (Å²) in [4.78, 5) is 36.3. The van der Waals surface area contributed by atoms with Crippen molar-refractivity contribution in [2.75, 3.05) is 0 Å². The van der Waals surface area contributed by atoms with Crippen molar-refractivity contribution in [3.63, 3.8) is 0 Å². The maximum atomic E-state index is 10.5. The van der Waals surface area contributed by atoms with Gasteiger partial charge >= 0.3 is 91.4 Å². The van der Waals surface area contributed by atoms with Crippen LogP contribution in [-0.4, -0.2) is 41.0 Å². The second kappa shape index (κ2) is 20.9. The molecule has 0 aliphatic heterocycles. The van der Waals surface area contributed by atoms with E-state index in [1.807, 2.05) is 103 Å². The van der Waals surface area contributed by atoms with E-state index in [4.69, 9.17) is 5.11 Å². The van der Waals surface area contributed by atoms with Crippen LogP contribution in [0.5, 0.6) is 0 Å². The Hall–Kier alpha value is -5.03. The van der Waals surface area contributed by atoms with Gasteiger partial charge in [0, 0.05) is 37.4 Å². The molecule has 0 fully saturated rings. The topological polar surface area (TPSA) is 115 Å². The zero-order valence-corrected chi connectivity index (χ0v) is 35.9. The SMILES string of the molecule is F[P-](F)(F)(F)(F)F.F[P-](F)(F)(F)(F)F.O=C(O)CCCCCc1ccnc(-c2nc3ccccc3s2)c1.[Ru+2].c1ccc(-c2ccccn2)nc1.c1ccc(-c2ccccn2)nc1. The van der Waals surface area contributed by atoms with Crippen LogP contribution in [-0.2, 0) is 30.7 Å². The number of aryl methyl sites for hydroxylation is 1. The Morgan fingerprint density at radius 3 is 1.26 bits per heavy atom. The molecular formula is C38H34F12N6O2P2RuS. The van der Waals surface area contributed by atoms with E-state index in [0.29, 0.717) is 0 Å². The minimum atomic E-state index is -10.7. The number of aromatic nitrogens is 6. The number of rotatable bonds is 9. The Balaban J connectivity index is 0.000000290. The molecule has 62 heavy (non-hydrogen) atoms. The molecule has 1 aromatic carbocycles. The van der Waals surface area contributed by atoms with Crippen molar-refractivity contribution in [2.45, 2.75) is 32.1 Å². The molecule has 8 nitrogen and oxygen atoms in total. The molecule has 0 aliphatic rings. The predicted molar refractivity (Wildman–Crippen MR) is 215 cm³/mol. The van der Waals surface area contributed by atoms with Crippen molar-refractivity contribution in [2.24, 2.45) is 0 Å². The summed E-state index contributed by atoms with van der Waals surface area (Å²) >= 11 is 1.66. The van der Waals surface area contributed by atoms with Gasteiger partial charge in [0.1, 0.15) is 5.01 Å². The molecule has 1 N–H and O–H groups in total. The van der Waals surface area contributed by atoms with Crippen molar-refractivity contribution in [1.82, 2.24) is 29.9 Å². The van der Waals surface area contributed by atoms with Crippen LogP contribution < -0.4 is 0 Å². The number of pyridine rings is 5. The Bertz CT molecular complexity index is 2200. The quantitative estimate of drug-likeness (QED) is 0.0658. The number of halogens is 12. The number of hydrogen-bond donors (Lipinski definition) is 1. The van der Waals surface area contributed by atoms with E-state index in [1.54, 1.807) is 36.1 Å². The van der Waals surface area contributed by atoms with Crippen LogP contribution >= 0.6 is 27.0 Å². The number of thiazole rings is 1. The van der Waals surface area contributed by atoms with Crippen molar-refractivity contribution in [3.8, 4) is 33.5 Å². The average Bonchev–Trinajstić information content (AvgIpc) is 3.62. The largest absolute Gasteiger partial charge is 2.00 e. The van der Waals surface area contributed by atoms with Crippen LogP contribution in [0, 0.1) is 0 Å². The summed E-state index contributed by atoms with van der Waals surface area (Å²) in [5, 5.41) is 9.58. The normalized spacial score (nSPS) is 13.0. The van der Waals surface area contributed by atoms with E-state index in [1.165, 1.54) is 10.3 Å². The molecule has 0 amide bonds. The van der Waals surface area contributed by atoms with E-state index in [-0.39, 0.29) is 25.9 Å². The van der Waals surface area contributed by atoms with Crippen LogP contribution in [0.4, 0.5) is 50.4 Å². The molecule has 0 saturated heterocycles. The number of carboxylic acids is 1. The zero-order chi connectivity index (χ0) is 45.3. The molecule has 336 valence electrons. The van der Waals surface area contributed by atoms with Gasteiger partial charge in [0.25, 0.3) is 0 Å². The van der Waals surface area contributed by atoms with Crippen molar-refractivity contribution < 1.29 is 79.7 Å². The third kappa shape index (κ3) is 27.7. The predicted octanol–water partition coefficient (Wildman–Crippen LogP) is 15.6. The Morgan fingerprint density at radius 1 is 0.500 bits per heavy atom. The maximum absolute atomic E-state index is 10.7. The van der Waals surface area contributed by atoms with E-state index in [0.717, 1.165) is 64.7 Å². The van der Waals surface area contributed by atoms with Crippen molar-refractivity contribution in [1.29, 1.82) is 0 Å². The fourth-order valence-corrected chi connectivity index (χ4v) is 5.50. The molecule has 0 unspecified atom stereocenters. The molecule has 6 heterocycles. The first-order valence-corrected chi connectivity index (χ1v) is 22.2. The number of para-hydroxylation sites is 1. The molecule has 0 spiro atoms. The molecule has 7 aromatic rings. The Morgan fingerprint density at radius 2 is 0.887 bits per heavy atom.